The van der Waals surface area contributed by atoms with Crippen LogP contribution in [-0.4, -0.2) is 28.9 Å². The van der Waals surface area contributed by atoms with Gasteiger partial charge in [-0.3, -0.25) is 0 Å². The molecule has 1 aromatic rings. The summed E-state index contributed by atoms with van der Waals surface area (Å²) in [5.41, 5.74) is 1.35. The summed E-state index contributed by atoms with van der Waals surface area (Å²) in [6.07, 6.45) is 2.14. The first kappa shape index (κ1) is 15.2. The first-order valence-electron chi connectivity index (χ1n) is 3.44. The molecule has 0 aromatic heterocycles. The first-order valence-corrected chi connectivity index (χ1v) is 3.98. The maximum absolute atomic E-state index is 5.54. The van der Waals surface area contributed by atoms with Crippen LogP contribution in [0.1, 0.15) is 12.0 Å². The number of halogens is 2. The van der Waals surface area contributed by atoms with Crippen LogP contribution in [0.4, 0.5) is 0 Å². The van der Waals surface area contributed by atoms with Gasteiger partial charge in [0.1, 0.15) is 0 Å². The van der Waals surface area contributed by atoms with Gasteiger partial charge in [0.2, 0.25) is 0 Å². The second kappa shape index (κ2) is 9.84. The zero-order valence-corrected chi connectivity index (χ0v) is 10.6. The van der Waals surface area contributed by atoms with E-state index in [0.717, 1.165) is 18.7 Å². The summed E-state index contributed by atoms with van der Waals surface area (Å²) in [5, 5.41) is 0. The fraction of sp³-hybridized carbons (Fsp3) is 0.333. The van der Waals surface area contributed by atoms with Crippen LogP contribution in [0.3, 0.4) is 0 Å². The van der Waals surface area contributed by atoms with Crippen molar-refractivity contribution in [2.45, 2.75) is 12.8 Å². The van der Waals surface area contributed by atoms with Gasteiger partial charge in [-0.2, -0.15) is 35.9 Å². The Morgan fingerprint density at radius 2 is 1.83 bits per heavy atom. The Morgan fingerprint density at radius 3 is 2.33 bits per heavy atom. The molecule has 3 heteroatoms. The van der Waals surface area contributed by atoms with Crippen LogP contribution >= 0.6 is 11.6 Å². The van der Waals surface area contributed by atoms with Gasteiger partial charge in [-0.05, 0) is 12.8 Å². The van der Waals surface area contributed by atoms with Crippen molar-refractivity contribution in [1.29, 1.82) is 0 Å². The summed E-state index contributed by atoms with van der Waals surface area (Å²) in [6.45, 7) is 0. The minimum atomic E-state index is 0. The molecule has 0 radical (unpaired) electrons. The average molecular weight is 258 g/mol. The number of aryl methyl sites for hydroxylation is 1. The summed E-state index contributed by atoms with van der Waals surface area (Å²) in [7, 11) is 0. The maximum atomic E-state index is 5.54. The fourth-order valence-electron chi connectivity index (χ4n) is 0.859. The third-order valence-electron chi connectivity index (χ3n) is 1.39. The van der Waals surface area contributed by atoms with E-state index < -0.39 is 0 Å². The molecule has 0 nitrogen and oxygen atoms in total. The molecule has 1 rings (SSSR count). The van der Waals surface area contributed by atoms with Gasteiger partial charge >= 0.3 is 23.1 Å². The third-order valence-corrected chi connectivity index (χ3v) is 1.65. The number of hydrogen-bond acceptors (Lipinski definition) is 0. The fourth-order valence-corrected chi connectivity index (χ4v) is 0.993. The second-order valence-corrected chi connectivity index (χ2v) is 2.58. The smallest absolute Gasteiger partial charge is 1.00 e. The molecule has 0 saturated heterocycles. The monoisotopic (exact) mass is 256 g/mol. The van der Waals surface area contributed by atoms with Crippen molar-refractivity contribution in [3.05, 3.63) is 35.9 Å². The topological polar surface area (TPSA) is 0 Å². The van der Waals surface area contributed by atoms with Crippen molar-refractivity contribution in [1.82, 2.24) is 0 Å². The van der Waals surface area contributed by atoms with Crippen LogP contribution in [0, 0.1) is 6.07 Å². The van der Waals surface area contributed by atoms with Crippen molar-refractivity contribution in [3.8, 4) is 0 Å². The Hall–Kier alpha value is 0.756. The average Bonchev–Trinajstić information content (AvgIpc) is 2.03. The molecule has 0 aliphatic heterocycles. The standard InChI is InChI=1S/C9H10Cl.BrH.Mg/c10-8-4-7-9-5-2-1-3-6-9;;/h2-3,5-6H,4,7-8H2;1H;/q-1;;+2/p-1. The molecule has 0 N–H and O–H groups in total. The number of alkyl halides is 1. The van der Waals surface area contributed by atoms with E-state index in [2.05, 4.69) is 18.2 Å². The maximum Gasteiger partial charge on any atom is 2.00 e. The summed E-state index contributed by atoms with van der Waals surface area (Å²) >= 11 is 5.54. The van der Waals surface area contributed by atoms with Crippen molar-refractivity contribution in [2.24, 2.45) is 0 Å². The van der Waals surface area contributed by atoms with Crippen LogP contribution in [-0.2, 0) is 6.42 Å². The van der Waals surface area contributed by atoms with Gasteiger partial charge in [0.15, 0.2) is 0 Å². The summed E-state index contributed by atoms with van der Waals surface area (Å²) < 4.78 is 0. The van der Waals surface area contributed by atoms with E-state index >= 15 is 0 Å². The van der Waals surface area contributed by atoms with E-state index in [0.29, 0.717) is 0 Å². The van der Waals surface area contributed by atoms with Crippen LogP contribution < -0.4 is 17.0 Å². The first-order chi connectivity index (χ1) is 4.93. The van der Waals surface area contributed by atoms with E-state index in [4.69, 9.17) is 11.6 Å². The quantitative estimate of drug-likeness (QED) is 0.381. The summed E-state index contributed by atoms with van der Waals surface area (Å²) in [4.78, 5) is 0. The largest absolute Gasteiger partial charge is 2.00 e. The third kappa shape index (κ3) is 6.29. The van der Waals surface area contributed by atoms with E-state index in [-0.39, 0.29) is 40.0 Å². The van der Waals surface area contributed by atoms with E-state index in [9.17, 15) is 0 Å². The normalized spacial score (nSPS) is 8.08. The Kier molecular flexibility index (Phi) is 12.5. The minimum absolute atomic E-state index is 0. The van der Waals surface area contributed by atoms with Crippen LogP contribution in [0.2, 0.25) is 0 Å². The molecule has 0 aliphatic rings. The van der Waals surface area contributed by atoms with Crippen molar-refractivity contribution in [2.75, 3.05) is 5.88 Å². The van der Waals surface area contributed by atoms with E-state index in [1.807, 2.05) is 12.1 Å². The van der Waals surface area contributed by atoms with Gasteiger partial charge in [-0.1, -0.05) is 0 Å². The minimum Gasteiger partial charge on any atom is -1.00 e. The summed E-state index contributed by atoms with van der Waals surface area (Å²) in [6, 6.07) is 11.0. The number of hydrogen-bond donors (Lipinski definition) is 0. The molecular weight excluding hydrogens is 248 g/mol. The molecule has 12 heavy (non-hydrogen) atoms. The summed E-state index contributed by atoms with van der Waals surface area (Å²) in [5.74, 6) is 0.749. The van der Waals surface area contributed by atoms with Crippen LogP contribution in [0.15, 0.2) is 24.3 Å². The Balaban J connectivity index is 0. The van der Waals surface area contributed by atoms with Crippen molar-refractivity contribution < 1.29 is 17.0 Å². The van der Waals surface area contributed by atoms with Crippen LogP contribution in [0.5, 0.6) is 0 Å². The van der Waals surface area contributed by atoms with Gasteiger partial charge in [0.25, 0.3) is 0 Å². The van der Waals surface area contributed by atoms with Gasteiger partial charge in [0, 0.05) is 5.88 Å². The molecule has 0 spiro atoms. The molecule has 0 unspecified atom stereocenters. The Bertz CT molecular complexity index is 179. The molecule has 0 atom stereocenters. The number of benzene rings is 1. The SMILES string of the molecule is ClCCCc1cc[c-]cc1.[Br-].[Mg+2]. The molecule has 0 fully saturated rings. The Morgan fingerprint density at radius 1 is 1.25 bits per heavy atom. The van der Waals surface area contributed by atoms with Crippen LogP contribution in [0.25, 0.3) is 0 Å². The number of rotatable bonds is 3. The van der Waals surface area contributed by atoms with Gasteiger partial charge < -0.3 is 17.0 Å². The molecule has 62 valence electrons. The molecule has 0 amide bonds. The van der Waals surface area contributed by atoms with E-state index in [1.165, 1.54) is 5.56 Å². The second-order valence-electron chi connectivity index (χ2n) is 2.20. The molecule has 0 heterocycles. The predicted octanol–water partition coefficient (Wildman–Crippen LogP) is -0.719. The molecular formula is C9H10BrClMg. The molecule has 0 bridgehead atoms. The van der Waals surface area contributed by atoms with Crippen molar-refractivity contribution in [3.63, 3.8) is 0 Å². The molecule has 1 aromatic carbocycles. The van der Waals surface area contributed by atoms with Gasteiger partial charge in [0.05, 0.1) is 0 Å². The Labute approximate surface area is 106 Å². The molecule has 0 aliphatic carbocycles. The zero-order valence-electron chi connectivity index (χ0n) is 6.89. The molecule has 0 saturated carbocycles. The van der Waals surface area contributed by atoms with Crippen molar-refractivity contribution >= 4 is 34.7 Å². The predicted molar refractivity (Wildman–Crippen MR) is 50.1 cm³/mol. The van der Waals surface area contributed by atoms with Gasteiger partial charge in [-0.15, -0.1) is 11.6 Å². The zero-order chi connectivity index (χ0) is 7.23. The van der Waals surface area contributed by atoms with E-state index in [1.54, 1.807) is 0 Å². The van der Waals surface area contributed by atoms with Gasteiger partial charge in [-0.25, -0.2) is 0 Å².